The summed E-state index contributed by atoms with van der Waals surface area (Å²) >= 11 is 0. The molecule has 106 valence electrons. The van der Waals surface area contributed by atoms with Crippen LogP contribution in [0.1, 0.15) is 5.56 Å². The van der Waals surface area contributed by atoms with Gasteiger partial charge in [0, 0.05) is 18.2 Å². The van der Waals surface area contributed by atoms with Gasteiger partial charge in [-0.1, -0.05) is 0 Å². The highest BCUT2D eigenvalue weighted by atomic mass is 19.4. The van der Waals surface area contributed by atoms with E-state index in [9.17, 15) is 22.0 Å². The minimum Gasteiger partial charge on any atom is -0.455 e. The van der Waals surface area contributed by atoms with Crippen LogP contribution in [-0.2, 0) is 6.18 Å². The molecule has 0 aromatic heterocycles. The molecule has 2 aromatic rings. The number of rotatable bonds is 2. The van der Waals surface area contributed by atoms with Crippen molar-refractivity contribution in [2.45, 2.75) is 6.18 Å². The fraction of sp³-hybridized carbons (Fsp3) is 0.0769. The van der Waals surface area contributed by atoms with Crippen LogP contribution in [0.25, 0.3) is 0 Å². The number of hydrogen-bond donors (Lipinski definition) is 1. The van der Waals surface area contributed by atoms with E-state index in [0.29, 0.717) is 12.1 Å². The second kappa shape index (κ2) is 4.99. The molecule has 0 radical (unpaired) electrons. The maximum absolute atomic E-state index is 13.0. The quantitative estimate of drug-likeness (QED) is 0.658. The number of alkyl halides is 3. The van der Waals surface area contributed by atoms with Gasteiger partial charge in [0.1, 0.15) is 23.1 Å². The first-order valence-corrected chi connectivity index (χ1v) is 5.36. The number of anilines is 1. The van der Waals surface area contributed by atoms with Crippen molar-refractivity contribution < 1.29 is 26.7 Å². The Morgan fingerprint density at radius 1 is 0.900 bits per heavy atom. The Morgan fingerprint density at radius 2 is 1.50 bits per heavy atom. The highest BCUT2D eigenvalue weighted by Gasteiger charge is 2.31. The Hall–Kier alpha value is -2.31. The first kappa shape index (κ1) is 14.1. The third kappa shape index (κ3) is 3.17. The minimum absolute atomic E-state index is 0.122. The molecule has 0 bridgehead atoms. The predicted molar refractivity (Wildman–Crippen MR) is 62.3 cm³/mol. The van der Waals surface area contributed by atoms with Gasteiger partial charge < -0.3 is 10.5 Å². The predicted octanol–water partition coefficient (Wildman–Crippen LogP) is 4.36. The lowest BCUT2D eigenvalue weighted by atomic mass is 10.2. The topological polar surface area (TPSA) is 35.2 Å². The molecule has 2 aromatic carbocycles. The summed E-state index contributed by atoms with van der Waals surface area (Å²) in [5.41, 5.74) is 4.20. The lowest BCUT2D eigenvalue weighted by molar-refractivity contribution is -0.137. The van der Waals surface area contributed by atoms with E-state index >= 15 is 0 Å². The summed E-state index contributed by atoms with van der Waals surface area (Å²) in [6.07, 6.45) is -4.53. The summed E-state index contributed by atoms with van der Waals surface area (Å²) in [5, 5.41) is 0. The van der Waals surface area contributed by atoms with Crippen LogP contribution in [0.3, 0.4) is 0 Å². The summed E-state index contributed by atoms with van der Waals surface area (Å²) in [4.78, 5) is 0. The maximum atomic E-state index is 13.0. The van der Waals surface area contributed by atoms with Crippen molar-refractivity contribution in [1.82, 2.24) is 0 Å². The molecule has 0 amide bonds. The largest absolute Gasteiger partial charge is 0.455 e. The molecule has 0 spiro atoms. The summed E-state index contributed by atoms with van der Waals surface area (Å²) < 4.78 is 68.3. The molecule has 0 fully saturated rings. The van der Waals surface area contributed by atoms with E-state index in [4.69, 9.17) is 10.5 Å². The molecule has 2 rings (SSSR count). The normalized spacial score (nSPS) is 11.4. The highest BCUT2D eigenvalue weighted by Crippen LogP contribution is 2.35. The van der Waals surface area contributed by atoms with Gasteiger partial charge in [0.25, 0.3) is 0 Å². The average molecular weight is 289 g/mol. The molecule has 7 heteroatoms. The third-order valence-corrected chi connectivity index (χ3v) is 2.40. The van der Waals surface area contributed by atoms with Gasteiger partial charge in [-0.3, -0.25) is 0 Å². The van der Waals surface area contributed by atoms with E-state index in [-0.39, 0.29) is 17.2 Å². The second-order valence-electron chi connectivity index (χ2n) is 3.96. The third-order valence-electron chi connectivity index (χ3n) is 2.40. The van der Waals surface area contributed by atoms with E-state index in [0.717, 1.165) is 24.3 Å². The maximum Gasteiger partial charge on any atom is 0.416 e. The zero-order valence-corrected chi connectivity index (χ0v) is 9.84. The molecule has 20 heavy (non-hydrogen) atoms. The van der Waals surface area contributed by atoms with Crippen LogP contribution >= 0.6 is 0 Å². The number of nitrogen functional groups attached to an aromatic ring is 1. The van der Waals surface area contributed by atoms with E-state index in [1.54, 1.807) is 0 Å². The van der Waals surface area contributed by atoms with Gasteiger partial charge in [0.05, 0.1) is 11.3 Å². The van der Waals surface area contributed by atoms with Crippen LogP contribution in [-0.4, -0.2) is 0 Å². The average Bonchev–Trinajstić information content (AvgIpc) is 2.29. The van der Waals surface area contributed by atoms with Crippen LogP contribution in [0.15, 0.2) is 36.4 Å². The number of benzene rings is 2. The monoisotopic (exact) mass is 289 g/mol. The molecular weight excluding hydrogens is 281 g/mol. The number of hydrogen-bond acceptors (Lipinski definition) is 2. The Bertz CT molecular complexity index is 619. The summed E-state index contributed by atoms with van der Waals surface area (Å²) in [7, 11) is 0. The molecular formula is C13H8F5NO. The standard InChI is InChI=1S/C13H8F5NO/c14-8-4-9(15)6-10(5-8)20-12-2-1-7(3-11(12)19)13(16,17)18/h1-6H,19H2. The second-order valence-corrected chi connectivity index (χ2v) is 3.96. The van der Waals surface area contributed by atoms with Gasteiger partial charge in [0.15, 0.2) is 0 Å². The number of ether oxygens (including phenoxy) is 1. The minimum atomic E-state index is -4.53. The van der Waals surface area contributed by atoms with Crippen molar-refractivity contribution in [3.05, 3.63) is 53.6 Å². The molecule has 0 aliphatic heterocycles. The summed E-state index contributed by atoms with van der Waals surface area (Å²) in [6, 6.07) is 4.86. The fourth-order valence-electron chi connectivity index (χ4n) is 1.53. The number of nitrogens with two attached hydrogens (primary N) is 1. The van der Waals surface area contributed by atoms with Crippen molar-refractivity contribution in [3.8, 4) is 11.5 Å². The van der Waals surface area contributed by atoms with E-state index in [1.807, 2.05) is 0 Å². The van der Waals surface area contributed by atoms with Crippen LogP contribution < -0.4 is 10.5 Å². The molecule has 0 saturated heterocycles. The summed E-state index contributed by atoms with van der Waals surface area (Å²) in [5.74, 6) is -2.06. The molecule has 0 atom stereocenters. The molecule has 2 nitrogen and oxygen atoms in total. The van der Waals surface area contributed by atoms with Crippen molar-refractivity contribution in [2.24, 2.45) is 0 Å². The van der Waals surface area contributed by atoms with Crippen molar-refractivity contribution >= 4 is 5.69 Å². The van der Waals surface area contributed by atoms with Crippen molar-refractivity contribution in [3.63, 3.8) is 0 Å². The van der Waals surface area contributed by atoms with Crippen LogP contribution in [0.4, 0.5) is 27.6 Å². The zero-order chi connectivity index (χ0) is 14.9. The molecule has 0 saturated carbocycles. The molecule has 0 aliphatic carbocycles. The molecule has 0 heterocycles. The molecule has 2 N–H and O–H groups in total. The van der Waals surface area contributed by atoms with Gasteiger partial charge >= 0.3 is 6.18 Å². The Labute approximate surface area is 110 Å². The number of halogens is 5. The zero-order valence-electron chi connectivity index (χ0n) is 9.84. The Morgan fingerprint density at radius 3 is 2.00 bits per heavy atom. The van der Waals surface area contributed by atoms with Gasteiger partial charge in [-0.15, -0.1) is 0 Å². The fourth-order valence-corrected chi connectivity index (χ4v) is 1.53. The highest BCUT2D eigenvalue weighted by molar-refractivity contribution is 5.56. The Balaban J connectivity index is 2.30. The first-order valence-electron chi connectivity index (χ1n) is 5.36. The summed E-state index contributed by atoms with van der Waals surface area (Å²) in [6.45, 7) is 0. The smallest absolute Gasteiger partial charge is 0.416 e. The molecule has 0 unspecified atom stereocenters. The van der Waals surface area contributed by atoms with E-state index in [1.165, 1.54) is 0 Å². The van der Waals surface area contributed by atoms with E-state index < -0.39 is 23.4 Å². The SMILES string of the molecule is Nc1cc(C(F)(F)F)ccc1Oc1cc(F)cc(F)c1. The van der Waals surface area contributed by atoms with Crippen molar-refractivity contribution in [1.29, 1.82) is 0 Å². The van der Waals surface area contributed by atoms with Gasteiger partial charge in [0.2, 0.25) is 0 Å². The van der Waals surface area contributed by atoms with Crippen LogP contribution in [0.5, 0.6) is 11.5 Å². The lowest BCUT2D eigenvalue weighted by Gasteiger charge is -2.12. The van der Waals surface area contributed by atoms with Crippen molar-refractivity contribution in [2.75, 3.05) is 5.73 Å². The van der Waals surface area contributed by atoms with Gasteiger partial charge in [-0.25, -0.2) is 8.78 Å². The van der Waals surface area contributed by atoms with Crippen LogP contribution in [0.2, 0.25) is 0 Å². The first-order chi connectivity index (χ1) is 9.25. The Kier molecular flexibility index (Phi) is 3.52. The lowest BCUT2D eigenvalue weighted by Crippen LogP contribution is -2.06. The van der Waals surface area contributed by atoms with E-state index in [2.05, 4.69) is 0 Å². The van der Waals surface area contributed by atoms with Gasteiger partial charge in [-0.2, -0.15) is 13.2 Å². The van der Waals surface area contributed by atoms with Crippen LogP contribution in [0, 0.1) is 11.6 Å². The molecule has 0 aliphatic rings. The van der Waals surface area contributed by atoms with Gasteiger partial charge in [-0.05, 0) is 18.2 Å².